The second-order valence-corrected chi connectivity index (χ2v) is 6.82. The number of nitrogens with one attached hydrogen (secondary N) is 3. The van der Waals surface area contributed by atoms with Crippen LogP contribution in [0.1, 0.15) is 44.9 Å². The number of nitrogens with two attached hydrogens (primary N) is 1. The van der Waals surface area contributed by atoms with E-state index in [9.17, 15) is 8.42 Å². The van der Waals surface area contributed by atoms with Gasteiger partial charge < -0.3 is 5.73 Å². The Hall–Kier alpha value is -0.660. The predicted molar refractivity (Wildman–Crippen MR) is 70.5 cm³/mol. The van der Waals surface area contributed by atoms with Gasteiger partial charge in [-0.05, 0) is 31.6 Å². The van der Waals surface area contributed by atoms with E-state index in [1.807, 2.05) is 0 Å². The molecule has 0 radical (unpaired) electrons. The summed E-state index contributed by atoms with van der Waals surface area (Å²) in [6.07, 6.45) is 7.04. The molecule has 1 atom stereocenters. The van der Waals surface area contributed by atoms with Crippen molar-refractivity contribution in [1.29, 1.82) is 5.41 Å². The van der Waals surface area contributed by atoms with E-state index >= 15 is 0 Å². The lowest BCUT2D eigenvalue weighted by Crippen LogP contribution is -2.52. The molecule has 0 aromatic carbocycles. The van der Waals surface area contributed by atoms with Gasteiger partial charge in [-0.1, -0.05) is 19.3 Å². The second kappa shape index (κ2) is 5.54. The number of hydrogen-bond donors (Lipinski definition) is 4. The lowest BCUT2D eigenvalue weighted by molar-refractivity contribution is 0.328. The van der Waals surface area contributed by atoms with E-state index < -0.39 is 16.3 Å². The smallest absolute Gasteiger partial charge is 0.277 e. The van der Waals surface area contributed by atoms with Crippen LogP contribution in [0.2, 0.25) is 0 Å². The van der Waals surface area contributed by atoms with Crippen LogP contribution in [0.25, 0.3) is 0 Å². The van der Waals surface area contributed by atoms with Gasteiger partial charge in [0.05, 0.1) is 6.04 Å². The molecule has 5 N–H and O–H groups in total. The molecule has 0 saturated heterocycles. The molecule has 0 bridgehead atoms. The Morgan fingerprint density at radius 1 is 1.17 bits per heavy atom. The fourth-order valence-corrected chi connectivity index (χ4v) is 3.90. The molecule has 0 aliphatic heterocycles. The van der Waals surface area contributed by atoms with E-state index in [2.05, 4.69) is 9.44 Å². The lowest BCUT2D eigenvalue weighted by Gasteiger charge is -2.29. The van der Waals surface area contributed by atoms with Crippen molar-refractivity contribution in [2.24, 2.45) is 11.7 Å². The third-order valence-corrected chi connectivity index (χ3v) is 4.85. The molecule has 2 aliphatic carbocycles. The number of rotatable bonds is 6. The topological polar surface area (TPSA) is 108 Å². The quantitative estimate of drug-likeness (QED) is 0.417. The molecule has 2 rings (SSSR count). The van der Waals surface area contributed by atoms with Crippen molar-refractivity contribution >= 4 is 16.0 Å². The maximum Gasteiger partial charge on any atom is 0.277 e. The Morgan fingerprint density at radius 2 is 1.78 bits per heavy atom. The van der Waals surface area contributed by atoms with Gasteiger partial charge in [-0.3, -0.25) is 5.41 Å². The van der Waals surface area contributed by atoms with Crippen LogP contribution >= 0.6 is 0 Å². The van der Waals surface area contributed by atoms with E-state index in [-0.39, 0.29) is 17.8 Å². The van der Waals surface area contributed by atoms with Crippen molar-refractivity contribution in [2.75, 3.05) is 0 Å². The highest BCUT2D eigenvalue weighted by atomic mass is 32.2. The number of amidine groups is 1. The summed E-state index contributed by atoms with van der Waals surface area (Å²) in [5.74, 6) is 0.0788. The minimum Gasteiger partial charge on any atom is -0.386 e. The Balaban J connectivity index is 1.98. The fourth-order valence-electron chi connectivity index (χ4n) is 2.50. The van der Waals surface area contributed by atoms with E-state index in [1.165, 1.54) is 6.42 Å². The van der Waals surface area contributed by atoms with Crippen molar-refractivity contribution < 1.29 is 8.42 Å². The third-order valence-electron chi connectivity index (χ3n) is 3.64. The predicted octanol–water partition coefficient (Wildman–Crippen LogP) is 0.458. The maximum absolute atomic E-state index is 11.9. The summed E-state index contributed by atoms with van der Waals surface area (Å²) < 4.78 is 28.8. The second-order valence-electron chi connectivity index (χ2n) is 5.34. The highest BCUT2D eigenvalue weighted by Gasteiger charge is 2.32. The SMILES string of the molecule is N=C(N)C(NS(=O)(=O)NC1CC1)C1CCCCC1. The summed E-state index contributed by atoms with van der Waals surface area (Å²) in [5.41, 5.74) is 5.55. The monoisotopic (exact) mass is 274 g/mol. The van der Waals surface area contributed by atoms with Gasteiger partial charge in [-0.2, -0.15) is 17.9 Å². The van der Waals surface area contributed by atoms with Gasteiger partial charge in [0.25, 0.3) is 10.2 Å². The van der Waals surface area contributed by atoms with Gasteiger partial charge in [0, 0.05) is 6.04 Å². The minimum absolute atomic E-state index is 0.0708. The molecule has 0 amide bonds. The summed E-state index contributed by atoms with van der Waals surface area (Å²) >= 11 is 0. The summed E-state index contributed by atoms with van der Waals surface area (Å²) in [6.45, 7) is 0. The van der Waals surface area contributed by atoms with Crippen LogP contribution in [-0.2, 0) is 10.2 Å². The van der Waals surface area contributed by atoms with Crippen molar-refractivity contribution in [3.05, 3.63) is 0 Å². The maximum atomic E-state index is 11.9. The van der Waals surface area contributed by atoms with E-state index in [4.69, 9.17) is 11.1 Å². The zero-order valence-corrected chi connectivity index (χ0v) is 11.3. The van der Waals surface area contributed by atoms with E-state index in [0.29, 0.717) is 0 Å². The summed E-state index contributed by atoms with van der Waals surface area (Å²) in [6, 6.07) is -0.483. The summed E-state index contributed by atoms with van der Waals surface area (Å²) in [5, 5.41) is 7.59. The largest absolute Gasteiger partial charge is 0.386 e. The molecule has 0 aromatic rings. The molecule has 7 heteroatoms. The first-order valence-electron chi connectivity index (χ1n) is 6.61. The molecule has 0 heterocycles. The molecule has 0 aromatic heterocycles. The van der Waals surface area contributed by atoms with Crippen molar-refractivity contribution in [2.45, 2.75) is 57.0 Å². The van der Waals surface area contributed by atoms with Crippen LogP contribution < -0.4 is 15.2 Å². The van der Waals surface area contributed by atoms with Gasteiger partial charge in [0.2, 0.25) is 0 Å². The highest BCUT2D eigenvalue weighted by Crippen LogP contribution is 2.27. The zero-order chi connectivity index (χ0) is 13.2. The van der Waals surface area contributed by atoms with Crippen LogP contribution in [0.15, 0.2) is 0 Å². The standard InChI is InChI=1S/C11H22N4O2S/c12-11(13)10(8-4-2-1-3-5-8)15-18(16,17)14-9-6-7-9/h8-10,14-15H,1-7H2,(H3,12,13). The molecule has 2 aliphatic rings. The van der Waals surface area contributed by atoms with Crippen LogP contribution in [0.3, 0.4) is 0 Å². The van der Waals surface area contributed by atoms with Gasteiger partial charge in [-0.25, -0.2) is 0 Å². The molecule has 2 fully saturated rings. The highest BCUT2D eigenvalue weighted by molar-refractivity contribution is 7.87. The summed E-state index contributed by atoms with van der Waals surface area (Å²) in [7, 11) is -3.53. The summed E-state index contributed by atoms with van der Waals surface area (Å²) in [4.78, 5) is 0. The first kappa shape index (κ1) is 13.8. The van der Waals surface area contributed by atoms with Gasteiger partial charge in [0.1, 0.15) is 5.84 Å². The first-order chi connectivity index (χ1) is 8.48. The van der Waals surface area contributed by atoms with E-state index in [1.54, 1.807) is 0 Å². The molecular formula is C11H22N4O2S. The van der Waals surface area contributed by atoms with Gasteiger partial charge in [0.15, 0.2) is 0 Å². The number of hydrogen-bond acceptors (Lipinski definition) is 3. The van der Waals surface area contributed by atoms with Gasteiger partial charge in [-0.15, -0.1) is 0 Å². The lowest BCUT2D eigenvalue weighted by atomic mass is 9.84. The van der Waals surface area contributed by atoms with Crippen LogP contribution in [-0.4, -0.2) is 26.3 Å². The van der Waals surface area contributed by atoms with E-state index in [0.717, 1.165) is 38.5 Å². The molecule has 0 spiro atoms. The molecule has 2 saturated carbocycles. The first-order valence-corrected chi connectivity index (χ1v) is 8.10. The Kier molecular flexibility index (Phi) is 4.24. The average Bonchev–Trinajstić information content (AvgIpc) is 3.10. The Morgan fingerprint density at radius 3 is 2.28 bits per heavy atom. The third kappa shape index (κ3) is 3.93. The molecule has 6 nitrogen and oxygen atoms in total. The zero-order valence-electron chi connectivity index (χ0n) is 10.5. The van der Waals surface area contributed by atoms with Crippen LogP contribution in [0.5, 0.6) is 0 Å². The fraction of sp³-hybridized carbons (Fsp3) is 0.909. The van der Waals surface area contributed by atoms with Crippen molar-refractivity contribution in [3.8, 4) is 0 Å². The molecular weight excluding hydrogens is 252 g/mol. The molecule has 18 heavy (non-hydrogen) atoms. The normalized spacial score (nSPS) is 23.8. The van der Waals surface area contributed by atoms with Crippen LogP contribution in [0, 0.1) is 11.3 Å². The molecule has 104 valence electrons. The van der Waals surface area contributed by atoms with Crippen molar-refractivity contribution in [1.82, 2.24) is 9.44 Å². The molecule has 1 unspecified atom stereocenters. The average molecular weight is 274 g/mol. The van der Waals surface area contributed by atoms with Crippen molar-refractivity contribution in [3.63, 3.8) is 0 Å². The van der Waals surface area contributed by atoms with Gasteiger partial charge >= 0.3 is 0 Å². The Labute approximate surface area is 108 Å². The van der Waals surface area contributed by atoms with Crippen LogP contribution in [0.4, 0.5) is 0 Å². The Bertz CT molecular complexity index is 399. The minimum atomic E-state index is -3.53.